The van der Waals surface area contributed by atoms with E-state index in [1.54, 1.807) is 0 Å². The summed E-state index contributed by atoms with van der Waals surface area (Å²) in [6.07, 6.45) is 2.40. The molecule has 0 spiro atoms. The van der Waals surface area contributed by atoms with Crippen LogP contribution >= 0.6 is 0 Å². The highest BCUT2D eigenvalue weighted by Gasteiger charge is 2.19. The van der Waals surface area contributed by atoms with E-state index in [-0.39, 0.29) is 5.78 Å². The Hall–Kier alpha value is -1.68. The first-order valence-electron chi connectivity index (χ1n) is 8.28. The third kappa shape index (κ3) is 3.22. The standard InChI is InChI=1S/C18H25N3O/c1-12(2)18-19-15-5-4-14(10-16(15)20-18)17(22)11-21-8-6-13(3)7-9-21/h4-5,10,12-13H,6-9,11H2,1-3H3,(H,19,20). The molecular formula is C18H25N3O. The third-order valence-electron chi connectivity index (χ3n) is 4.61. The van der Waals surface area contributed by atoms with Gasteiger partial charge in [0.15, 0.2) is 5.78 Å². The van der Waals surface area contributed by atoms with Gasteiger partial charge in [-0.15, -0.1) is 0 Å². The number of carbonyl (C=O) groups is 1. The van der Waals surface area contributed by atoms with Crippen molar-refractivity contribution >= 4 is 16.8 Å². The monoisotopic (exact) mass is 299 g/mol. The second kappa shape index (κ2) is 6.21. The molecule has 1 aliphatic heterocycles. The van der Waals surface area contributed by atoms with Gasteiger partial charge < -0.3 is 4.98 Å². The normalized spacial score (nSPS) is 17.5. The van der Waals surface area contributed by atoms with Gasteiger partial charge in [-0.1, -0.05) is 20.8 Å². The molecule has 0 amide bonds. The number of hydrogen-bond acceptors (Lipinski definition) is 3. The van der Waals surface area contributed by atoms with Crippen LogP contribution in [0, 0.1) is 5.92 Å². The van der Waals surface area contributed by atoms with Crippen molar-refractivity contribution in [3.8, 4) is 0 Å². The predicted molar refractivity (Wildman–Crippen MR) is 89.4 cm³/mol. The Balaban J connectivity index is 1.73. The van der Waals surface area contributed by atoms with Crippen molar-refractivity contribution in [2.45, 2.75) is 39.5 Å². The lowest BCUT2D eigenvalue weighted by Gasteiger charge is -2.29. The third-order valence-corrected chi connectivity index (χ3v) is 4.61. The van der Waals surface area contributed by atoms with Crippen LogP contribution < -0.4 is 0 Å². The molecule has 2 heterocycles. The second-order valence-corrected chi connectivity index (χ2v) is 6.89. The van der Waals surface area contributed by atoms with E-state index in [1.165, 1.54) is 12.8 Å². The number of fused-ring (bicyclic) bond motifs is 1. The van der Waals surface area contributed by atoms with Gasteiger partial charge in [0.05, 0.1) is 17.6 Å². The number of piperidine rings is 1. The van der Waals surface area contributed by atoms with Crippen molar-refractivity contribution < 1.29 is 4.79 Å². The number of carbonyl (C=O) groups excluding carboxylic acids is 1. The van der Waals surface area contributed by atoms with Gasteiger partial charge in [0.1, 0.15) is 5.82 Å². The average molecular weight is 299 g/mol. The van der Waals surface area contributed by atoms with Crippen LogP contribution in [0.15, 0.2) is 18.2 Å². The summed E-state index contributed by atoms with van der Waals surface area (Å²) in [6.45, 7) is 9.12. The molecule has 1 saturated heterocycles. The topological polar surface area (TPSA) is 49.0 Å². The largest absolute Gasteiger partial charge is 0.342 e. The van der Waals surface area contributed by atoms with Gasteiger partial charge in [0.25, 0.3) is 0 Å². The number of Topliss-reactive ketones (excluding diaryl/α,β-unsaturated/α-hetero) is 1. The number of nitrogens with zero attached hydrogens (tertiary/aromatic N) is 2. The molecule has 0 bridgehead atoms. The van der Waals surface area contributed by atoms with E-state index in [9.17, 15) is 4.79 Å². The highest BCUT2D eigenvalue weighted by molar-refractivity contribution is 6.00. The van der Waals surface area contributed by atoms with Crippen LogP contribution in [-0.4, -0.2) is 40.3 Å². The maximum atomic E-state index is 12.5. The van der Waals surface area contributed by atoms with Gasteiger partial charge in [-0.2, -0.15) is 0 Å². The zero-order valence-corrected chi connectivity index (χ0v) is 13.7. The van der Waals surface area contributed by atoms with E-state index in [2.05, 4.69) is 35.6 Å². The van der Waals surface area contributed by atoms with Gasteiger partial charge in [-0.3, -0.25) is 9.69 Å². The highest BCUT2D eigenvalue weighted by Crippen LogP contribution is 2.20. The van der Waals surface area contributed by atoms with E-state index >= 15 is 0 Å². The molecule has 0 unspecified atom stereocenters. The van der Waals surface area contributed by atoms with Crippen LogP contribution in [0.2, 0.25) is 0 Å². The number of H-pyrrole nitrogens is 1. The van der Waals surface area contributed by atoms with Crippen molar-refractivity contribution in [1.82, 2.24) is 14.9 Å². The predicted octanol–water partition coefficient (Wildman–Crippen LogP) is 3.60. The molecule has 1 aliphatic rings. The minimum absolute atomic E-state index is 0.206. The van der Waals surface area contributed by atoms with Gasteiger partial charge in [0.2, 0.25) is 0 Å². The van der Waals surface area contributed by atoms with Crippen molar-refractivity contribution in [3.05, 3.63) is 29.6 Å². The van der Waals surface area contributed by atoms with Crippen LogP contribution in [0.1, 0.15) is 55.7 Å². The Kier molecular flexibility index (Phi) is 4.30. The molecule has 1 fully saturated rings. The number of imidazole rings is 1. The molecule has 22 heavy (non-hydrogen) atoms. The molecule has 4 nitrogen and oxygen atoms in total. The molecule has 4 heteroatoms. The summed E-state index contributed by atoms with van der Waals surface area (Å²) in [5.74, 6) is 2.34. The average Bonchev–Trinajstić information content (AvgIpc) is 2.93. The summed E-state index contributed by atoms with van der Waals surface area (Å²) in [5, 5.41) is 0. The molecular weight excluding hydrogens is 274 g/mol. The van der Waals surface area contributed by atoms with E-state index in [1.807, 2.05) is 18.2 Å². The lowest BCUT2D eigenvalue weighted by Crippen LogP contribution is -2.36. The summed E-state index contributed by atoms with van der Waals surface area (Å²) in [4.78, 5) is 22.7. The molecule has 0 atom stereocenters. The van der Waals surface area contributed by atoms with Crippen molar-refractivity contribution in [2.75, 3.05) is 19.6 Å². The zero-order chi connectivity index (χ0) is 15.7. The zero-order valence-electron chi connectivity index (χ0n) is 13.7. The quantitative estimate of drug-likeness (QED) is 0.878. The maximum Gasteiger partial charge on any atom is 0.176 e. The van der Waals surface area contributed by atoms with Crippen LogP contribution in [0.5, 0.6) is 0 Å². The smallest absolute Gasteiger partial charge is 0.176 e. The van der Waals surface area contributed by atoms with E-state index in [0.29, 0.717) is 12.5 Å². The number of nitrogens with one attached hydrogen (secondary N) is 1. The summed E-state index contributed by atoms with van der Waals surface area (Å²) in [6, 6.07) is 5.80. The van der Waals surface area contributed by atoms with Crippen molar-refractivity contribution in [3.63, 3.8) is 0 Å². The minimum atomic E-state index is 0.206. The number of hydrogen-bond donors (Lipinski definition) is 1. The molecule has 0 aliphatic carbocycles. The highest BCUT2D eigenvalue weighted by atomic mass is 16.1. The molecule has 0 saturated carbocycles. The van der Waals surface area contributed by atoms with Crippen molar-refractivity contribution in [2.24, 2.45) is 5.92 Å². The fourth-order valence-electron chi connectivity index (χ4n) is 2.99. The Bertz CT molecular complexity index is 666. The van der Waals surface area contributed by atoms with E-state index in [4.69, 9.17) is 0 Å². The molecule has 1 aromatic carbocycles. The summed E-state index contributed by atoms with van der Waals surface area (Å²) in [5.41, 5.74) is 2.68. The van der Waals surface area contributed by atoms with Gasteiger partial charge in [-0.05, 0) is 50.0 Å². The molecule has 1 aromatic heterocycles. The van der Waals surface area contributed by atoms with Crippen LogP contribution in [-0.2, 0) is 0 Å². The lowest BCUT2D eigenvalue weighted by molar-refractivity contribution is 0.0900. The Morgan fingerprint density at radius 3 is 2.77 bits per heavy atom. The number of likely N-dealkylation sites (tertiary alicyclic amines) is 1. The molecule has 0 radical (unpaired) electrons. The number of rotatable bonds is 4. The fourth-order valence-corrected chi connectivity index (χ4v) is 2.99. The fraction of sp³-hybridized carbons (Fsp3) is 0.556. The number of benzene rings is 1. The molecule has 118 valence electrons. The number of aromatic amines is 1. The van der Waals surface area contributed by atoms with Crippen LogP contribution in [0.4, 0.5) is 0 Å². The first-order valence-corrected chi connectivity index (χ1v) is 8.28. The van der Waals surface area contributed by atoms with Gasteiger partial charge in [-0.25, -0.2) is 4.98 Å². The van der Waals surface area contributed by atoms with Gasteiger partial charge in [0, 0.05) is 11.5 Å². The SMILES string of the molecule is CC1CCN(CC(=O)c2ccc3nc(C(C)C)[nH]c3c2)CC1. The second-order valence-electron chi connectivity index (χ2n) is 6.89. The molecule has 2 aromatic rings. The van der Waals surface area contributed by atoms with Crippen molar-refractivity contribution in [1.29, 1.82) is 0 Å². The van der Waals surface area contributed by atoms with E-state index in [0.717, 1.165) is 41.4 Å². The summed E-state index contributed by atoms with van der Waals surface area (Å²) < 4.78 is 0. The number of aromatic nitrogens is 2. The first kappa shape index (κ1) is 15.2. The summed E-state index contributed by atoms with van der Waals surface area (Å²) in [7, 11) is 0. The van der Waals surface area contributed by atoms with E-state index < -0.39 is 0 Å². The Morgan fingerprint density at radius 1 is 1.36 bits per heavy atom. The molecule has 1 N–H and O–H groups in total. The van der Waals surface area contributed by atoms with Crippen LogP contribution in [0.25, 0.3) is 11.0 Å². The lowest BCUT2D eigenvalue weighted by atomic mass is 9.98. The Labute approximate surface area is 131 Å². The first-order chi connectivity index (χ1) is 10.5. The summed E-state index contributed by atoms with van der Waals surface area (Å²) >= 11 is 0. The Morgan fingerprint density at radius 2 is 2.09 bits per heavy atom. The maximum absolute atomic E-state index is 12.5. The molecule has 3 rings (SSSR count). The number of ketones is 1. The van der Waals surface area contributed by atoms with Gasteiger partial charge >= 0.3 is 0 Å². The minimum Gasteiger partial charge on any atom is -0.342 e. The van der Waals surface area contributed by atoms with Crippen LogP contribution in [0.3, 0.4) is 0 Å².